The highest BCUT2D eigenvalue weighted by Crippen LogP contribution is 2.06. The molecule has 0 amide bonds. The molecule has 6 heavy (non-hydrogen) atoms. The fourth-order valence-electron chi connectivity index (χ4n) is 0. The monoisotopic (exact) mass is 129 g/mol. The fraction of sp³-hybridized carbons (Fsp3) is 0. The lowest BCUT2D eigenvalue weighted by Crippen LogP contribution is -2.12. The van der Waals surface area contributed by atoms with Crippen molar-refractivity contribution >= 4 is 21.1 Å². The van der Waals surface area contributed by atoms with Crippen LogP contribution in [0.2, 0.25) is 0 Å². The van der Waals surface area contributed by atoms with Gasteiger partial charge in [0.1, 0.15) is 0 Å². The molecule has 6 N–H and O–H groups in total. The predicted molar refractivity (Wildman–Crippen MR) is 30.5 cm³/mol. The zero-order valence-corrected chi connectivity index (χ0v) is 4.98. The Morgan fingerprint density at radius 1 is 1.17 bits per heavy atom. The Kier molecular flexibility index (Phi) is 4.20. The summed E-state index contributed by atoms with van der Waals surface area (Å²) in [5, 5.41) is 0. The maximum Gasteiger partial charge on any atom is 0.271 e. The highest BCUT2D eigenvalue weighted by Gasteiger charge is 1.90. The molecule has 0 aromatic rings. The second-order valence-electron chi connectivity index (χ2n) is 0.763. The summed E-state index contributed by atoms with van der Waals surface area (Å²) >= 11 is 0. The van der Waals surface area contributed by atoms with Crippen molar-refractivity contribution in [1.29, 1.82) is 0 Å². The van der Waals surface area contributed by atoms with Crippen molar-refractivity contribution in [3.8, 4) is 0 Å². The first kappa shape index (κ1) is 9.68. The zero-order chi connectivity index (χ0) is 4.50. The minimum absolute atomic E-state index is 0. The SMILES string of the molecule is NP(N)(N)=O.S. The Balaban J connectivity index is 0. The van der Waals surface area contributed by atoms with E-state index in [1.54, 1.807) is 0 Å². The molecule has 0 spiro atoms. The van der Waals surface area contributed by atoms with Gasteiger partial charge in [0.25, 0.3) is 7.59 Å². The summed E-state index contributed by atoms with van der Waals surface area (Å²) in [6, 6.07) is 0. The lowest BCUT2D eigenvalue weighted by atomic mass is 13.8. The van der Waals surface area contributed by atoms with E-state index in [-0.39, 0.29) is 13.5 Å². The number of rotatable bonds is 0. The Morgan fingerprint density at radius 2 is 1.17 bits per heavy atom. The second-order valence-corrected chi connectivity index (χ2v) is 2.29. The summed E-state index contributed by atoms with van der Waals surface area (Å²) in [5.41, 5.74) is 13.4. The Morgan fingerprint density at radius 3 is 1.17 bits per heavy atom. The molecule has 0 aliphatic carbocycles. The van der Waals surface area contributed by atoms with Crippen LogP contribution in [-0.2, 0) is 4.57 Å². The molecule has 0 bridgehead atoms. The largest absolute Gasteiger partial charge is 0.272 e. The molecule has 0 heterocycles. The van der Waals surface area contributed by atoms with Crippen LogP contribution >= 0.6 is 21.1 Å². The van der Waals surface area contributed by atoms with E-state index >= 15 is 0 Å². The highest BCUT2D eigenvalue weighted by molar-refractivity contribution is 7.59. The van der Waals surface area contributed by atoms with Crippen LogP contribution in [0.15, 0.2) is 0 Å². The summed E-state index contributed by atoms with van der Waals surface area (Å²) in [6.07, 6.45) is 0. The van der Waals surface area contributed by atoms with E-state index in [0.29, 0.717) is 0 Å². The van der Waals surface area contributed by atoms with E-state index in [0.717, 1.165) is 0 Å². The molecule has 0 aliphatic heterocycles. The minimum Gasteiger partial charge on any atom is -0.272 e. The maximum absolute atomic E-state index is 9.55. The first-order chi connectivity index (χ1) is 2.00. The van der Waals surface area contributed by atoms with Crippen LogP contribution in [0.5, 0.6) is 0 Å². The van der Waals surface area contributed by atoms with E-state index in [1.807, 2.05) is 0 Å². The van der Waals surface area contributed by atoms with Gasteiger partial charge in [-0.1, -0.05) is 0 Å². The summed E-state index contributed by atoms with van der Waals surface area (Å²) in [4.78, 5) is 0. The first-order valence-corrected chi connectivity index (χ1v) is 2.87. The fourth-order valence-corrected chi connectivity index (χ4v) is 0. The number of hydrogen-bond acceptors (Lipinski definition) is 1. The third-order valence-electron chi connectivity index (χ3n) is 0. The molecule has 0 unspecified atom stereocenters. The summed E-state index contributed by atoms with van der Waals surface area (Å²) in [7, 11) is -3.14. The van der Waals surface area contributed by atoms with Crippen LogP contribution in [0.25, 0.3) is 0 Å². The van der Waals surface area contributed by atoms with Crippen molar-refractivity contribution < 1.29 is 4.57 Å². The van der Waals surface area contributed by atoms with Crippen LogP contribution in [-0.4, -0.2) is 0 Å². The lowest BCUT2D eigenvalue weighted by Gasteiger charge is -1.88. The molecule has 4 nitrogen and oxygen atoms in total. The zero-order valence-electron chi connectivity index (χ0n) is 3.09. The molecule has 0 rings (SSSR count). The Bertz CT molecular complexity index is 56.9. The van der Waals surface area contributed by atoms with Crippen LogP contribution in [0, 0.1) is 0 Å². The van der Waals surface area contributed by atoms with Crippen LogP contribution in [0.1, 0.15) is 0 Å². The van der Waals surface area contributed by atoms with Gasteiger partial charge in [-0.25, -0.2) is 0 Å². The minimum atomic E-state index is -3.14. The quantitative estimate of drug-likeness (QED) is 0.369. The van der Waals surface area contributed by atoms with E-state index in [9.17, 15) is 4.57 Å². The third kappa shape index (κ3) is 252. The molecular formula is H8N3OPS. The molecule has 40 valence electrons. The molecule has 0 fully saturated rings. The molecule has 0 atom stereocenters. The predicted octanol–water partition coefficient (Wildman–Crippen LogP) is -0.917. The molecule has 6 heteroatoms. The molecule has 0 radical (unpaired) electrons. The normalized spacial score (nSPS) is 9.83. The molecular weight excluding hydrogens is 121 g/mol. The maximum atomic E-state index is 9.55. The van der Waals surface area contributed by atoms with Gasteiger partial charge in [-0.05, 0) is 0 Å². The smallest absolute Gasteiger partial charge is 0.271 e. The van der Waals surface area contributed by atoms with Crippen molar-refractivity contribution in [3.63, 3.8) is 0 Å². The Labute approximate surface area is 43.0 Å². The first-order valence-electron chi connectivity index (χ1n) is 0.957. The summed E-state index contributed by atoms with van der Waals surface area (Å²) in [5.74, 6) is 0. The summed E-state index contributed by atoms with van der Waals surface area (Å²) in [6.45, 7) is 0. The van der Waals surface area contributed by atoms with Crippen LogP contribution in [0.3, 0.4) is 0 Å². The molecule has 0 saturated heterocycles. The third-order valence-corrected chi connectivity index (χ3v) is 0. The average molecular weight is 129 g/mol. The van der Waals surface area contributed by atoms with Crippen molar-refractivity contribution in [1.82, 2.24) is 0 Å². The van der Waals surface area contributed by atoms with E-state index < -0.39 is 7.59 Å². The van der Waals surface area contributed by atoms with Gasteiger partial charge in [0, 0.05) is 0 Å². The lowest BCUT2D eigenvalue weighted by molar-refractivity contribution is 0.577. The van der Waals surface area contributed by atoms with E-state index in [2.05, 4.69) is 16.5 Å². The van der Waals surface area contributed by atoms with Gasteiger partial charge in [0.15, 0.2) is 0 Å². The van der Waals surface area contributed by atoms with Gasteiger partial charge < -0.3 is 0 Å². The molecule has 0 aromatic carbocycles. The van der Waals surface area contributed by atoms with Crippen molar-refractivity contribution in [2.24, 2.45) is 16.5 Å². The standard InChI is InChI=1S/H6N3OP.H2S/c1-5(2,3)4;/h(H6,1,2,3,4);1H2. The number of nitrogens with two attached hydrogens (primary N) is 3. The average Bonchev–Trinajstić information content (AvgIpc) is 0.722. The van der Waals surface area contributed by atoms with Gasteiger partial charge in [0.2, 0.25) is 0 Å². The highest BCUT2D eigenvalue weighted by atomic mass is 32.1. The van der Waals surface area contributed by atoms with E-state index in [4.69, 9.17) is 0 Å². The molecule has 0 aliphatic rings. The van der Waals surface area contributed by atoms with Crippen LogP contribution in [0.4, 0.5) is 0 Å². The van der Waals surface area contributed by atoms with Gasteiger partial charge in [-0.2, -0.15) is 13.5 Å². The Hall–Kier alpha value is 0.460. The van der Waals surface area contributed by atoms with Gasteiger partial charge in [-0.3, -0.25) is 21.1 Å². The van der Waals surface area contributed by atoms with Gasteiger partial charge >= 0.3 is 0 Å². The van der Waals surface area contributed by atoms with Crippen molar-refractivity contribution in [2.75, 3.05) is 0 Å². The van der Waals surface area contributed by atoms with Gasteiger partial charge in [-0.15, -0.1) is 0 Å². The summed E-state index contributed by atoms with van der Waals surface area (Å²) < 4.78 is 9.55. The van der Waals surface area contributed by atoms with E-state index in [1.165, 1.54) is 0 Å². The molecule has 0 aromatic heterocycles. The van der Waals surface area contributed by atoms with Crippen molar-refractivity contribution in [3.05, 3.63) is 0 Å². The van der Waals surface area contributed by atoms with Gasteiger partial charge in [0.05, 0.1) is 0 Å². The number of hydrogen-bond donors (Lipinski definition) is 3. The molecule has 0 saturated carbocycles. The van der Waals surface area contributed by atoms with Crippen molar-refractivity contribution in [2.45, 2.75) is 0 Å². The topological polar surface area (TPSA) is 95.1 Å². The second kappa shape index (κ2) is 2.60. The van der Waals surface area contributed by atoms with Crippen LogP contribution < -0.4 is 16.5 Å².